The lowest BCUT2D eigenvalue weighted by Crippen LogP contribution is -2.66. The second-order valence-electron chi connectivity index (χ2n) is 8.40. The van der Waals surface area contributed by atoms with Crippen LogP contribution in [-0.2, 0) is 11.3 Å². The van der Waals surface area contributed by atoms with Gasteiger partial charge in [-0.2, -0.15) is 0 Å². The van der Waals surface area contributed by atoms with Crippen LogP contribution in [0.15, 0.2) is 24.5 Å². The van der Waals surface area contributed by atoms with Crippen LogP contribution in [0.4, 0.5) is 0 Å². The first-order valence-corrected chi connectivity index (χ1v) is 9.69. The molecule has 3 aliphatic heterocycles. The molecule has 5 nitrogen and oxygen atoms in total. The summed E-state index contributed by atoms with van der Waals surface area (Å²) < 4.78 is 0. The topological polar surface area (TPSA) is 39.7 Å². The highest BCUT2D eigenvalue weighted by Crippen LogP contribution is 2.42. The van der Waals surface area contributed by atoms with Gasteiger partial charge in [-0.3, -0.25) is 14.7 Å². The third kappa shape index (κ3) is 3.44. The molecule has 0 saturated carbocycles. The maximum absolute atomic E-state index is 12.7. The van der Waals surface area contributed by atoms with Crippen LogP contribution in [0.5, 0.6) is 0 Å². The molecule has 0 N–H and O–H groups in total. The molecule has 0 radical (unpaired) electrons. The molecule has 1 aromatic heterocycles. The van der Waals surface area contributed by atoms with Gasteiger partial charge in [-0.15, -0.1) is 0 Å². The Kier molecular flexibility index (Phi) is 4.78. The number of amides is 1. The molecule has 4 rings (SSSR count). The van der Waals surface area contributed by atoms with Crippen molar-refractivity contribution in [1.29, 1.82) is 0 Å². The number of fused-ring (bicyclic) bond motifs is 4. The molecule has 136 valence electrons. The van der Waals surface area contributed by atoms with E-state index in [0.29, 0.717) is 29.8 Å². The average Bonchev–Trinajstić information content (AvgIpc) is 2.59. The Labute approximate surface area is 151 Å². The molecule has 0 aliphatic carbocycles. The zero-order chi connectivity index (χ0) is 17.4. The van der Waals surface area contributed by atoms with Crippen LogP contribution in [-0.4, -0.2) is 71.4 Å². The van der Waals surface area contributed by atoms with Gasteiger partial charge in [0, 0.05) is 57.1 Å². The Morgan fingerprint density at radius 1 is 1.28 bits per heavy atom. The van der Waals surface area contributed by atoms with Crippen molar-refractivity contribution in [2.75, 3.05) is 33.7 Å². The fourth-order valence-corrected chi connectivity index (χ4v) is 5.36. The van der Waals surface area contributed by atoms with Gasteiger partial charge in [0.1, 0.15) is 0 Å². The quantitative estimate of drug-likeness (QED) is 0.837. The minimum Gasteiger partial charge on any atom is -0.335 e. The van der Waals surface area contributed by atoms with E-state index in [2.05, 4.69) is 39.8 Å². The van der Waals surface area contributed by atoms with Crippen LogP contribution in [0, 0.1) is 11.8 Å². The maximum Gasteiger partial charge on any atom is 0.223 e. The summed E-state index contributed by atoms with van der Waals surface area (Å²) in [5.74, 6) is 1.63. The third-order valence-corrected chi connectivity index (χ3v) is 6.25. The molecular formula is C20H30N4O. The van der Waals surface area contributed by atoms with Gasteiger partial charge in [0.2, 0.25) is 5.91 Å². The number of aromatic nitrogens is 1. The van der Waals surface area contributed by atoms with Crippen LogP contribution >= 0.6 is 0 Å². The van der Waals surface area contributed by atoms with Gasteiger partial charge in [0.15, 0.2) is 0 Å². The Morgan fingerprint density at radius 3 is 2.88 bits per heavy atom. The van der Waals surface area contributed by atoms with Crippen LogP contribution in [0.3, 0.4) is 0 Å². The second kappa shape index (κ2) is 7.04. The monoisotopic (exact) mass is 342 g/mol. The molecule has 25 heavy (non-hydrogen) atoms. The zero-order valence-corrected chi connectivity index (χ0v) is 15.5. The number of hydrogen-bond acceptors (Lipinski definition) is 4. The van der Waals surface area contributed by atoms with Crippen LogP contribution in [0.25, 0.3) is 0 Å². The largest absolute Gasteiger partial charge is 0.335 e. The number of carbonyl (C=O) groups is 1. The van der Waals surface area contributed by atoms with E-state index in [0.717, 1.165) is 39.0 Å². The van der Waals surface area contributed by atoms with Gasteiger partial charge in [0.25, 0.3) is 0 Å². The van der Waals surface area contributed by atoms with Gasteiger partial charge in [-0.1, -0.05) is 6.07 Å². The Morgan fingerprint density at radius 2 is 2.12 bits per heavy atom. The van der Waals surface area contributed by atoms with Gasteiger partial charge >= 0.3 is 0 Å². The normalized spacial score (nSPS) is 32.8. The average molecular weight is 342 g/mol. The fourth-order valence-electron chi connectivity index (χ4n) is 5.36. The number of hydrogen-bond donors (Lipinski definition) is 0. The molecule has 0 spiro atoms. The summed E-state index contributed by atoms with van der Waals surface area (Å²) in [6.45, 7) is 4.19. The molecular weight excluding hydrogens is 312 g/mol. The molecule has 4 heterocycles. The van der Waals surface area contributed by atoms with Crippen molar-refractivity contribution in [3.05, 3.63) is 30.1 Å². The number of nitrogens with zero attached hydrogens (tertiary/aromatic N) is 4. The van der Waals surface area contributed by atoms with Crippen molar-refractivity contribution >= 4 is 5.91 Å². The number of likely N-dealkylation sites (tertiary alicyclic amines) is 1. The van der Waals surface area contributed by atoms with E-state index in [4.69, 9.17) is 0 Å². The zero-order valence-electron chi connectivity index (χ0n) is 15.5. The molecule has 4 atom stereocenters. The Bertz CT molecular complexity index is 605. The predicted octanol–water partition coefficient (Wildman–Crippen LogP) is 1.84. The van der Waals surface area contributed by atoms with E-state index >= 15 is 0 Å². The smallest absolute Gasteiger partial charge is 0.223 e. The highest BCUT2D eigenvalue weighted by atomic mass is 16.2. The van der Waals surface area contributed by atoms with Crippen LogP contribution in [0.2, 0.25) is 0 Å². The van der Waals surface area contributed by atoms with Gasteiger partial charge < -0.3 is 9.80 Å². The van der Waals surface area contributed by atoms with Crippen LogP contribution in [0.1, 0.15) is 31.2 Å². The summed E-state index contributed by atoms with van der Waals surface area (Å²) in [5.41, 5.74) is 1.29. The van der Waals surface area contributed by atoms with E-state index in [1.54, 1.807) is 0 Å². The maximum atomic E-state index is 12.7. The first-order valence-electron chi connectivity index (χ1n) is 9.69. The van der Waals surface area contributed by atoms with Gasteiger partial charge in [-0.05, 0) is 56.8 Å². The Hall–Kier alpha value is -1.46. The summed E-state index contributed by atoms with van der Waals surface area (Å²) in [5, 5.41) is 0. The lowest BCUT2D eigenvalue weighted by atomic mass is 9.72. The molecule has 5 heteroatoms. The summed E-state index contributed by atoms with van der Waals surface area (Å²) >= 11 is 0. The van der Waals surface area contributed by atoms with Crippen molar-refractivity contribution in [3.63, 3.8) is 0 Å². The standard InChI is InChI=1S/C20H30N4O/c1-22(2)14-19-17-9-16(18-6-3-7-20(25)24(18)19)12-23(13-17)11-15-5-4-8-21-10-15/h4-5,8,10,16-19H,3,6-7,9,11-14H2,1-2H3/t16-,17+,18+,19+/m1/s1. The van der Waals surface area contributed by atoms with Gasteiger partial charge in [-0.25, -0.2) is 0 Å². The minimum absolute atomic E-state index is 0.376. The predicted molar refractivity (Wildman–Crippen MR) is 97.9 cm³/mol. The summed E-state index contributed by atoms with van der Waals surface area (Å²) in [6, 6.07) is 5.03. The minimum atomic E-state index is 0.376. The molecule has 3 aliphatic rings. The fraction of sp³-hybridized carbons (Fsp3) is 0.700. The summed E-state index contributed by atoms with van der Waals surface area (Å²) in [6.07, 6.45) is 8.12. The highest BCUT2D eigenvalue weighted by Gasteiger charge is 2.49. The lowest BCUT2D eigenvalue weighted by molar-refractivity contribution is -0.153. The summed E-state index contributed by atoms with van der Waals surface area (Å²) in [4.78, 5) is 24.1. The van der Waals surface area contributed by atoms with Gasteiger partial charge in [0.05, 0.1) is 0 Å². The number of rotatable bonds is 4. The molecule has 0 aromatic carbocycles. The molecule has 2 bridgehead atoms. The molecule has 0 unspecified atom stereocenters. The Balaban J connectivity index is 1.55. The first-order chi connectivity index (χ1) is 12.1. The SMILES string of the molecule is CN(C)C[C@H]1[C@H]2C[C@H](CN(Cc3cccnc3)C2)[C@@H]2CCCC(=O)N21. The van der Waals surface area contributed by atoms with Crippen molar-refractivity contribution in [2.24, 2.45) is 11.8 Å². The van der Waals surface area contributed by atoms with Crippen molar-refractivity contribution in [1.82, 2.24) is 19.7 Å². The van der Waals surface area contributed by atoms with Crippen molar-refractivity contribution < 1.29 is 4.79 Å². The molecule has 1 amide bonds. The molecule has 3 fully saturated rings. The summed E-state index contributed by atoms with van der Waals surface area (Å²) in [7, 11) is 4.26. The lowest BCUT2D eigenvalue weighted by Gasteiger charge is -2.57. The first kappa shape index (κ1) is 17.0. The highest BCUT2D eigenvalue weighted by molar-refractivity contribution is 5.78. The van der Waals surface area contributed by atoms with Crippen LogP contribution < -0.4 is 0 Å². The van der Waals surface area contributed by atoms with E-state index in [-0.39, 0.29) is 0 Å². The number of carbonyl (C=O) groups excluding carboxylic acids is 1. The van der Waals surface area contributed by atoms with Crippen molar-refractivity contribution in [3.8, 4) is 0 Å². The molecule has 1 aromatic rings. The van der Waals surface area contributed by atoms with Crippen molar-refractivity contribution in [2.45, 2.75) is 44.3 Å². The van der Waals surface area contributed by atoms with E-state index in [9.17, 15) is 4.79 Å². The van der Waals surface area contributed by atoms with E-state index in [1.165, 1.54) is 18.4 Å². The van der Waals surface area contributed by atoms with E-state index < -0.39 is 0 Å². The number of pyridine rings is 1. The molecule has 3 saturated heterocycles. The van der Waals surface area contributed by atoms with E-state index in [1.807, 2.05) is 18.5 Å². The number of piperidine rings is 3. The second-order valence-corrected chi connectivity index (χ2v) is 8.40. The number of likely N-dealkylation sites (N-methyl/N-ethyl adjacent to an activating group) is 1. The third-order valence-electron chi connectivity index (χ3n) is 6.25.